The summed E-state index contributed by atoms with van der Waals surface area (Å²) in [6.45, 7) is 0.327. The van der Waals surface area contributed by atoms with Gasteiger partial charge in [-0.2, -0.15) is 10.4 Å². The van der Waals surface area contributed by atoms with E-state index in [1.807, 2.05) is 6.07 Å². The zero-order valence-electron chi connectivity index (χ0n) is 8.19. The fourth-order valence-electron chi connectivity index (χ4n) is 1.40. The minimum absolute atomic E-state index is 0.327. The largest absolute Gasteiger partial charge is 0.267 e. The molecule has 2 aromatic rings. The molecule has 80 valence electrons. The molecule has 0 amide bonds. The standard InChI is InChI=1S/C11H7ClFN3/c12-10-5-15-16(7-10)6-9-3-11(13)2-1-8(9)4-14/h1-3,5,7H,6H2. The lowest BCUT2D eigenvalue weighted by atomic mass is 10.1. The quantitative estimate of drug-likeness (QED) is 0.803. The van der Waals surface area contributed by atoms with Gasteiger partial charge in [0, 0.05) is 6.20 Å². The molecule has 0 fully saturated rings. The molecule has 0 spiro atoms. The van der Waals surface area contributed by atoms with Crippen molar-refractivity contribution >= 4 is 11.6 Å². The minimum Gasteiger partial charge on any atom is -0.267 e. The Balaban J connectivity index is 2.34. The van der Waals surface area contributed by atoms with Crippen LogP contribution in [0.4, 0.5) is 4.39 Å². The molecular weight excluding hydrogens is 229 g/mol. The minimum atomic E-state index is -0.368. The van der Waals surface area contributed by atoms with Crippen LogP contribution in [-0.2, 0) is 6.54 Å². The summed E-state index contributed by atoms with van der Waals surface area (Å²) in [6, 6.07) is 6.05. The van der Waals surface area contributed by atoms with E-state index in [2.05, 4.69) is 5.10 Å². The molecule has 0 saturated carbocycles. The van der Waals surface area contributed by atoms with Gasteiger partial charge in [-0.25, -0.2) is 4.39 Å². The zero-order chi connectivity index (χ0) is 11.5. The lowest BCUT2D eigenvalue weighted by Crippen LogP contribution is -2.02. The summed E-state index contributed by atoms with van der Waals surface area (Å²) in [5.41, 5.74) is 1.02. The second kappa shape index (κ2) is 4.33. The number of hydrogen-bond donors (Lipinski definition) is 0. The Morgan fingerprint density at radius 2 is 2.31 bits per heavy atom. The topological polar surface area (TPSA) is 41.6 Å². The maximum absolute atomic E-state index is 13.0. The van der Waals surface area contributed by atoms with E-state index in [1.54, 1.807) is 10.9 Å². The van der Waals surface area contributed by atoms with Gasteiger partial charge in [0.2, 0.25) is 0 Å². The van der Waals surface area contributed by atoms with E-state index in [-0.39, 0.29) is 5.82 Å². The van der Waals surface area contributed by atoms with Gasteiger partial charge in [0.1, 0.15) is 5.82 Å². The second-order valence-corrected chi connectivity index (χ2v) is 3.71. The summed E-state index contributed by atoms with van der Waals surface area (Å²) in [5, 5.41) is 13.3. The first-order chi connectivity index (χ1) is 7.69. The number of nitriles is 1. The molecule has 16 heavy (non-hydrogen) atoms. The van der Waals surface area contributed by atoms with Crippen LogP contribution in [0.25, 0.3) is 0 Å². The molecular formula is C11H7ClFN3. The van der Waals surface area contributed by atoms with Gasteiger partial charge in [0.15, 0.2) is 0 Å². The molecule has 0 radical (unpaired) electrons. The smallest absolute Gasteiger partial charge is 0.123 e. The van der Waals surface area contributed by atoms with Crippen molar-refractivity contribution in [2.75, 3.05) is 0 Å². The van der Waals surface area contributed by atoms with Crippen molar-refractivity contribution in [2.24, 2.45) is 0 Å². The molecule has 1 heterocycles. The van der Waals surface area contributed by atoms with Gasteiger partial charge in [0.25, 0.3) is 0 Å². The van der Waals surface area contributed by atoms with Crippen molar-refractivity contribution < 1.29 is 4.39 Å². The van der Waals surface area contributed by atoms with Gasteiger partial charge in [-0.15, -0.1) is 0 Å². The Hall–Kier alpha value is -1.86. The molecule has 0 N–H and O–H groups in total. The van der Waals surface area contributed by atoms with Crippen molar-refractivity contribution in [1.82, 2.24) is 9.78 Å². The van der Waals surface area contributed by atoms with Crippen molar-refractivity contribution in [2.45, 2.75) is 6.54 Å². The molecule has 0 aliphatic carbocycles. The molecule has 3 nitrogen and oxygen atoms in total. The van der Waals surface area contributed by atoms with Gasteiger partial charge in [-0.05, 0) is 23.8 Å². The Morgan fingerprint density at radius 1 is 1.50 bits per heavy atom. The molecule has 0 aliphatic heterocycles. The van der Waals surface area contributed by atoms with Gasteiger partial charge >= 0.3 is 0 Å². The summed E-state index contributed by atoms with van der Waals surface area (Å²) in [5.74, 6) is -0.368. The first-order valence-corrected chi connectivity index (χ1v) is 4.93. The van der Waals surface area contributed by atoms with E-state index in [9.17, 15) is 4.39 Å². The molecule has 0 saturated heterocycles. The zero-order valence-corrected chi connectivity index (χ0v) is 8.95. The third-order valence-corrected chi connectivity index (χ3v) is 2.32. The molecule has 5 heteroatoms. The predicted octanol–water partition coefficient (Wildman–Crippen LogP) is 2.60. The highest BCUT2D eigenvalue weighted by molar-refractivity contribution is 6.30. The number of halogens is 2. The molecule has 1 aromatic carbocycles. The number of benzene rings is 1. The summed E-state index contributed by atoms with van der Waals surface area (Å²) in [7, 11) is 0. The fraction of sp³-hybridized carbons (Fsp3) is 0.0909. The van der Waals surface area contributed by atoms with E-state index in [0.717, 1.165) is 0 Å². The Morgan fingerprint density at radius 3 is 2.94 bits per heavy atom. The molecule has 1 aromatic heterocycles. The first-order valence-electron chi connectivity index (χ1n) is 4.55. The number of nitrogens with zero attached hydrogens (tertiary/aromatic N) is 3. The summed E-state index contributed by atoms with van der Waals surface area (Å²) < 4.78 is 14.6. The van der Waals surface area contributed by atoms with Crippen LogP contribution in [0, 0.1) is 17.1 Å². The van der Waals surface area contributed by atoms with E-state index in [4.69, 9.17) is 16.9 Å². The van der Waals surface area contributed by atoms with Gasteiger partial charge in [-0.3, -0.25) is 4.68 Å². The van der Waals surface area contributed by atoms with Crippen molar-refractivity contribution in [1.29, 1.82) is 5.26 Å². The first kappa shape index (κ1) is 10.7. The van der Waals surface area contributed by atoms with Crippen LogP contribution in [0.5, 0.6) is 0 Å². The summed E-state index contributed by atoms with van der Waals surface area (Å²) >= 11 is 5.71. The number of hydrogen-bond acceptors (Lipinski definition) is 2. The third kappa shape index (κ3) is 2.20. The van der Waals surface area contributed by atoms with E-state index < -0.39 is 0 Å². The van der Waals surface area contributed by atoms with E-state index >= 15 is 0 Å². The van der Waals surface area contributed by atoms with Crippen LogP contribution in [0.3, 0.4) is 0 Å². The second-order valence-electron chi connectivity index (χ2n) is 3.27. The fourth-order valence-corrected chi connectivity index (χ4v) is 1.56. The SMILES string of the molecule is N#Cc1ccc(F)cc1Cn1cc(Cl)cn1. The summed E-state index contributed by atoms with van der Waals surface area (Å²) in [4.78, 5) is 0. The Kier molecular flexibility index (Phi) is 2.88. The van der Waals surface area contributed by atoms with Crippen molar-refractivity contribution in [3.63, 3.8) is 0 Å². The maximum Gasteiger partial charge on any atom is 0.123 e. The number of rotatable bonds is 2. The van der Waals surface area contributed by atoms with Crippen LogP contribution in [0.2, 0.25) is 5.02 Å². The van der Waals surface area contributed by atoms with E-state index in [1.165, 1.54) is 24.4 Å². The molecule has 0 atom stereocenters. The highest BCUT2D eigenvalue weighted by Crippen LogP contribution is 2.13. The molecule has 0 bridgehead atoms. The molecule has 0 aliphatic rings. The lowest BCUT2D eigenvalue weighted by Gasteiger charge is -2.04. The maximum atomic E-state index is 13.0. The number of aromatic nitrogens is 2. The van der Waals surface area contributed by atoms with Gasteiger partial charge in [-0.1, -0.05) is 11.6 Å². The van der Waals surface area contributed by atoms with Crippen molar-refractivity contribution in [3.05, 3.63) is 52.6 Å². The predicted molar refractivity (Wildman–Crippen MR) is 57.5 cm³/mol. The van der Waals surface area contributed by atoms with Crippen LogP contribution >= 0.6 is 11.6 Å². The molecule has 2 rings (SSSR count). The van der Waals surface area contributed by atoms with Gasteiger partial charge in [0.05, 0.1) is 29.4 Å². The Labute approximate surface area is 96.7 Å². The van der Waals surface area contributed by atoms with Crippen molar-refractivity contribution in [3.8, 4) is 6.07 Å². The average molecular weight is 236 g/mol. The van der Waals surface area contributed by atoms with Crippen LogP contribution in [-0.4, -0.2) is 9.78 Å². The van der Waals surface area contributed by atoms with Crippen LogP contribution in [0.15, 0.2) is 30.6 Å². The third-order valence-electron chi connectivity index (χ3n) is 2.12. The monoisotopic (exact) mass is 235 g/mol. The van der Waals surface area contributed by atoms with Crippen LogP contribution in [0.1, 0.15) is 11.1 Å². The van der Waals surface area contributed by atoms with Crippen LogP contribution < -0.4 is 0 Å². The highest BCUT2D eigenvalue weighted by Gasteiger charge is 2.05. The molecule has 0 unspecified atom stereocenters. The highest BCUT2D eigenvalue weighted by atomic mass is 35.5. The summed E-state index contributed by atoms with van der Waals surface area (Å²) in [6.07, 6.45) is 3.11. The average Bonchev–Trinajstić information content (AvgIpc) is 2.64. The Bertz CT molecular complexity index is 557. The lowest BCUT2D eigenvalue weighted by molar-refractivity contribution is 0.618. The normalized spacial score (nSPS) is 10.1. The van der Waals surface area contributed by atoms with E-state index in [0.29, 0.717) is 22.7 Å². The van der Waals surface area contributed by atoms with Gasteiger partial charge < -0.3 is 0 Å².